The van der Waals surface area contributed by atoms with Crippen LogP contribution < -0.4 is 4.31 Å². The number of rotatable bonds is 0. The quantitative estimate of drug-likeness (QED) is 0.540. The Morgan fingerprint density at radius 3 is 2.77 bits per heavy atom. The lowest BCUT2D eigenvalue weighted by molar-refractivity contribution is 0.416. The average molecular weight is 307 g/mol. The predicted molar refractivity (Wildman–Crippen MR) is 67.6 cm³/mol. The number of benzene rings is 1. The molecule has 2 rings (SSSR count). The summed E-state index contributed by atoms with van der Waals surface area (Å²) in [6.45, 7) is 0. The second-order valence-electron chi connectivity index (χ2n) is 2.74. The van der Waals surface area contributed by atoms with E-state index in [1.54, 1.807) is 7.11 Å². The molecule has 0 saturated heterocycles. The van der Waals surface area contributed by atoms with E-state index >= 15 is 0 Å². The van der Waals surface area contributed by atoms with Crippen molar-refractivity contribution in [2.24, 2.45) is 0 Å². The van der Waals surface area contributed by atoms with Crippen LogP contribution in [0.3, 0.4) is 0 Å². The molecule has 0 radical (unpaired) electrons. The van der Waals surface area contributed by atoms with Crippen LogP contribution in [0.15, 0.2) is 24.3 Å². The van der Waals surface area contributed by atoms with Crippen LogP contribution in [0.4, 0.5) is 5.69 Å². The third-order valence-electron chi connectivity index (χ3n) is 2.04. The zero-order chi connectivity index (χ0) is 9.42. The average Bonchev–Trinajstić information content (AvgIpc) is 2.41. The number of nitrogens with zero attached hydrogens (tertiary/aromatic N) is 1. The van der Waals surface area contributed by atoms with Crippen LogP contribution in [0, 0.1) is 0 Å². The Balaban J connectivity index is 2.60. The van der Waals surface area contributed by atoms with Gasteiger partial charge in [0.1, 0.15) is 5.05 Å². The molecule has 70 valence electrons. The molecule has 2 nitrogen and oxygen atoms in total. The summed E-state index contributed by atoms with van der Waals surface area (Å²) in [6, 6.07) is 8.34. The first-order valence-electron chi connectivity index (χ1n) is 3.90. The number of anilines is 1. The molecule has 1 aliphatic rings. The van der Waals surface area contributed by atoms with Crippen LogP contribution >= 0.6 is 29.0 Å². The van der Waals surface area contributed by atoms with Gasteiger partial charge in [-0.2, -0.15) is 0 Å². The van der Waals surface area contributed by atoms with E-state index < -0.39 is 0 Å². The Labute approximate surface area is 92.5 Å². The van der Waals surface area contributed by atoms with Crippen molar-refractivity contribution in [2.75, 3.05) is 18.5 Å². The van der Waals surface area contributed by atoms with Crippen molar-refractivity contribution in [2.45, 2.75) is 0 Å². The van der Waals surface area contributed by atoms with Gasteiger partial charge < -0.3 is 9.04 Å². The molecule has 0 bridgehead atoms. The predicted octanol–water partition coefficient (Wildman–Crippen LogP) is 2.79. The SMILES string of the molecule is COC1=S(I)N(C)c2ccccc21. The van der Waals surface area contributed by atoms with E-state index in [1.165, 1.54) is 11.3 Å². The van der Waals surface area contributed by atoms with Gasteiger partial charge in [0.25, 0.3) is 0 Å². The summed E-state index contributed by atoms with van der Waals surface area (Å²) in [5, 5.41) is 1.08. The van der Waals surface area contributed by atoms with E-state index in [1.807, 2.05) is 6.07 Å². The minimum absolute atomic E-state index is 0.0459. The highest BCUT2D eigenvalue weighted by molar-refractivity contribution is 14.2. The van der Waals surface area contributed by atoms with Gasteiger partial charge >= 0.3 is 0 Å². The molecule has 1 atom stereocenters. The summed E-state index contributed by atoms with van der Waals surface area (Å²) in [6.07, 6.45) is 0. The van der Waals surface area contributed by atoms with E-state index in [0.29, 0.717) is 0 Å². The standard InChI is InChI=1S/C9H10INOS/c1-11-8-6-4-3-5-7(8)9(12-2)13(11)10/h3-6H,1-2H3. The number of halogens is 1. The molecule has 4 heteroatoms. The summed E-state index contributed by atoms with van der Waals surface area (Å²) in [5.74, 6) is 0. The van der Waals surface area contributed by atoms with Crippen molar-refractivity contribution in [3.8, 4) is 0 Å². The van der Waals surface area contributed by atoms with Crippen molar-refractivity contribution in [3.63, 3.8) is 0 Å². The summed E-state index contributed by atoms with van der Waals surface area (Å²) >= 11 is 2.41. The maximum absolute atomic E-state index is 5.40. The molecule has 1 aromatic rings. The van der Waals surface area contributed by atoms with E-state index in [9.17, 15) is 0 Å². The Bertz CT molecular complexity index is 378. The molecule has 0 aromatic heterocycles. The maximum atomic E-state index is 5.40. The first kappa shape index (κ1) is 9.48. The Morgan fingerprint density at radius 1 is 1.38 bits per heavy atom. The molecule has 0 saturated carbocycles. The van der Waals surface area contributed by atoms with Gasteiger partial charge in [-0.3, -0.25) is 0 Å². The van der Waals surface area contributed by atoms with Gasteiger partial charge in [0, 0.05) is 48.8 Å². The molecule has 0 N–H and O–H groups in total. The molecule has 0 spiro atoms. The third kappa shape index (κ3) is 1.41. The molecular weight excluding hydrogens is 297 g/mol. The van der Waals surface area contributed by atoms with Crippen molar-refractivity contribution < 1.29 is 4.74 Å². The highest BCUT2D eigenvalue weighted by atomic mass is 127. The molecule has 1 heterocycles. The van der Waals surface area contributed by atoms with E-state index in [2.05, 4.69) is 50.8 Å². The number of para-hydroxylation sites is 1. The Kier molecular flexibility index (Phi) is 2.62. The number of hydrogen-bond acceptors (Lipinski definition) is 2. The molecule has 1 aromatic carbocycles. The van der Waals surface area contributed by atoms with Crippen LogP contribution in [-0.2, 0) is 4.74 Å². The fraction of sp³-hybridized carbons (Fsp3) is 0.222. The zero-order valence-corrected chi connectivity index (χ0v) is 10.4. The third-order valence-corrected chi connectivity index (χ3v) is 6.38. The van der Waals surface area contributed by atoms with Crippen molar-refractivity contribution in [1.82, 2.24) is 0 Å². The van der Waals surface area contributed by atoms with Crippen molar-refractivity contribution in [3.05, 3.63) is 29.8 Å². The van der Waals surface area contributed by atoms with Gasteiger partial charge in [-0.1, -0.05) is 12.1 Å². The highest BCUT2D eigenvalue weighted by Gasteiger charge is 2.23. The minimum Gasteiger partial charge on any atom is -0.340 e. The topological polar surface area (TPSA) is 12.5 Å². The van der Waals surface area contributed by atoms with Crippen LogP contribution in [-0.4, -0.2) is 19.2 Å². The second kappa shape index (κ2) is 3.59. The summed E-state index contributed by atoms with van der Waals surface area (Å²) in [5.41, 5.74) is 2.49. The molecule has 13 heavy (non-hydrogen) atoms. The lowest BCUT2D eigenvalue weighted by atomic mass is 10.2. The van der Waals surface area contributed by atoms with Gasteiger partial charge in [0.2, 0.25) is 0 Å². The van der Waals surface area contributed by atoms with Gasteiger partial charge in [-0.15, -0.1) is 0 Å². The fourth-order valence-corrected chi connectivity index (χ4v) is 4.36. The van der Waals surface area contributed by atoms with Crippen molar-refractivity contribution in [1.29, 1.82) is 0 Å². The highest BCUT2D eigenvalue weighted by Crippen LogP contribution is 2.44. The summed E-state index contributed by atoms with van der Waals surface area (Å²) in [7, 11) is 3.88. The molecule has 1 aliphatic heterocycles. The lowest BCUT2D eigenvalue weighted by Gasteiger charge is -2.12. The number of ether oxygens (including phenoxy) is 1. The van der Waals surface area contributed by atoms with Crippen LogP contribution in [0.2, 0.25) is 0 Å². The molecule has 0 fully saturated rings. The van der Waals surface area contributed by atoms with E-state index in [-0.39, 0.29) is 7.84 Å². The van der Waals surface area contributed by atoms with Gasteiger partial charge in [-0.25, -0.2) is 0 Å². The summed E-state index contributed by atoms with van der Waals surface area (Å²) in [4.78, 5) is 0. The number of methoxy groups -OCH3 is 1. The zero-order valence-electron chi connectivity index (χ0n) is 7.45. The Morgan fingerprint density at radius 2 is 2.08 bits per heavy atom. The minimum atomic E-state index is 0.0459. The van der Waals surface area contributed by atoms with Crippen LogP contribution in [0.25, 0.3) is 0 Å². The van der Waals surface area contributed by atoms with Crippen molar-refractivity contribution >= 4 is 39.8 Å². The van der Waals surface area contributed by atoms with Gasteiger partial charge in [0.05, 0.1) is 5.69 Å². The van der Waals surface area contributed by atoms with E-state index in [4.69, 9.17) is 4.74 Å². The summed E-state index contributed by atoms with van der Waals surface area (Å²) < 4.78 is 7.64. The Hall–Kier alpha value is -0.0700. The fourth-order valence-electron chi connectivity index (χ4n) is 1.40. The van der Waals surface area contributed by atoms with Gasteiger partial charge in [0.15, 0.2) is 0 Å². The first-order chi connectivity index (χ1) is 6.25. The monoisotopic (exact) mass is 307 g/mol. The van der Waals surface area contributed by atoms with E-state index in [0.717, 1.165) is 5.05 Å². The largest absolute Gasteiger partial charge is 0.340 e. The second-order valence-corrected chi connectivity index (χ2v) is 6.64. The molecule has 0 aliphatic carbocycles. The molecule has 1 unspecified atom stereocenters. The number of hydrogen-bond donors (Lipinski definition) is 0. The maximum Gasteiger partial charge on any atom is 0.136 e. The lowest BCUT2D eigenvalue weighted by Crippen LogP contribution is -2.02. The normalized spacial score (nSPS) is 20.7. The molecular formula is C9H10INOS. The van der Waals surface area contributed by atoms with Crippen LogP contribution in [0.5, 0.6) is 0 Å². The molecule has 0 amide bonds. The smallest absolute Gasteiger partial charge is 0.136 e. The van der Waals surface area contributed by atoms with Gasteiger partial charge in [-0.05, 0) is 12.1 Å². The van der Waals surface area contributed by atoms with Crippen LogP contribution in [0.1, 0.15) is 5.56 Å². The first-order valence-corrected chi connectivity index (χ1v) is 7.63. The number of fused-ring (bicyclic) bond motifs is 1.